The molecule has 178 valence electrons. The minimum absolute atomic E-state index is 0.0584. The van der Waals surface area contributed by atoms with Crippen LogP contribution in [0, 0.1) is 23.2 Å². The number of carbonyl (C=O) groups is 1. The van der Waals surface area contributed by atoms with Crippen molar-refractivity contribution in [1.29, 1.82) is 0 Å². The molecular formula is C24H34N6OS2. The Labute approximate surface area is 203 Å². The van der Waals surface area contributed by atoms with Crippen molar-refractivity contribution >= 4 is 34.1 Å². The van der Waals surface area contributed by atoms with Crippen molar-refractivity contribution in [3.05, 3.63) is 10.8 Å². The maximum absolute atomic E-state index is 12.5. The number of amides is 1. The van der Waals surface area contributed by atoms with Gasteiger partial charge in [-0.2, -0.15) is 0 Å². The average Bonchev–Trinajstić information content (AvgIpc) is 3.39. The van der Waals surface area contributed by atoms with Crippen LogP contribution in [0.4, 0.5) is 5.13 Å². The van der Waals surface area contributed by atoms with Gasteiger partial charge in [0.2, 0.25) is 11.0 Å². The molecule has 2 heterocycles. The van der Waals surface area contributed by atoms with Crippen LogP contribution < -0.4 is 5.32 Å². The Bertz CT molecular complexity index is 975. The SMILES string of the molecule is Cn1c(CC23CC4CC(CC(C4)C2)C3)nnc1SCC(=O)Nc1nnc(C2CCCCC2)s1. The van der Waals surface area contributed by atoms with Crippen LogP contribution in [0.25, 0.3) is 0 Å². The standard InChI is InChI=1S/C24H34N6OS2/c1-30-19(13-24-10-15-7-16(11-24)9-17(8-15)12-24)26-29-23(30)32-14-20(31)25-22-28-27-21(33-22)18-5-3-2-4-6-18/h15-18H,2-14H2,1H3,(H,25,28,31). The van der Waals surface area contributed by atoms with Crippen LogP contribution in [0.1, 0.15) is 87.4 Å². The summed E-state index contributed by atoms with van der Waals surface area (Å²) in [7, 11) is 2.05. The van der Waals surface area contributed by atoms with Crippen LogP contribution in [-0.2, 0) is 18.3 Å². The van der Waals surface area contributed by atoms with Crippen molar-refractivity contribution in [2.75, 3.05) is 11.1 Å². The number of anilines is 1. The summed E-state index contributed by atoms with van der Waals surface area (Å²) in [4.78, 5) is 12.5. The van der Waals surface area contributed by atoms with E-state index < -0.39 is 0 Å². The van der Waals surface area contributed by atoms with Crippen molar-refractivity contribution in [3.8, 4) is 0 Å². The Morgan fingerprint density at radius 2 is 1.73 bits per heavy atom. The lowest BCUT2D eigenvalue weighted by Crippen LogP contribution is -2.47. The minimum Gasteiger partial charge on any atom is -0.309 e. The van der Waals surface area contributed by atoms with E-state index in [4.69, 9.17) is 0 Å². The third kappa shape index (κ3) is 4.59. The monoisotopic (exact) mass is 486 g/mol. The molecule has 7 rings (SSSR count). The predicted molar refractivity (Wildman–Crippen MR) is 130 cm³/mol. The lowest BCUT2D eigenvalue weighted by atomic mass is 9.49. The Hall–Kier alpha value is -1.48. The molecule has 4 bridgehead atoms. The number of nitrogens with one attached hydrogen (secondary N) is 1. The zero-order valence-electron chi connectivity index (χ0n) is 19.5. The Balaban J connectivity index is 1.04. The van der Waals surface area contributed by atoms with E-state index in [1.807, 2.05) is 0 Å². The van der Waals surface area contributed by atoms with Crippen molar-refractivity contribution in [1.82, 2.24) is 25.0 Å². The molecule has 0 saturated heterocycles. The third-order valence-corrected chi connectivity index (χ3v) is 10.6. The molecule has 0 spiro atoms. The first kappa shape index (κ1) is 22.0. The second-order valence-electron chi connectivity index (χ2n) is 11.2. The van der Waals surface area contributed by atoms with Crippen LogP contribution in [0.3, 0.4) is 0 Å². The number of nitrogens with zero attached hydrogens (tertiary/aromatic N) is 5. The molecule has 2 aromatic rings. The van der Waals surface area contributed by atoms with Gasteiger partial charge in [0.1, 0.15) is 10.8 Å². The minimum atomic E-state index is -0.0584. The first-order valence-electron chi connectivity index (χ1n) is 12.7. The topological polar surface area (TPSA) is 85.6 Å². The normalized spacial score (nSPS) is 31.2. The molecule has 0 aliphatic heterocycles. The highest BCUT2D eigenvalue weighted by atomic mass is 32.2. The fourth-order valence-corrected chi connectivity index (χ4v) is 9.21. The predicted octanol–water partition coefficient (Wildman–Crippen LogP) is 5.20. The Morgan fingerprint density at radius 3 is 2.42 bits per heavy atom. The van der Waals surface area contributed by atoms with E-state index in [-0.39, 0.29) is 5.91 Å². The highest BCUT2D eigenvalue weighted by molar-refractivity contribution is 7.99. The first-order valence-corrected chi connectivity index (χ1v) is 14.5. The molecule has 5 aliphatic rings. The van der Waals surface area contributed by atoms with E-state index >= 15 is 0 Å². The van der Waals surface area contributed by atoms with Crippen LogP contribution in [0.5, 0.6) is 0 Å². The quantitative estimate of drug-likeness (QED) is 0.541. The molecule has 5 aliphatic carbocycles. The highest BCUT2D eigenvalue weighted by Gasteiger charge is 2.51. The fraction of sp³-hybridized carbons (Fsp3) is 0.792. The summed E-state index contributed by atoms with van der Waals surface area (Å²) in [5.41, 5.74) is 0.447. The summed E-state index contributed by atoms with van der Waals surface area (Å²) in [6, 6.07) is 0. The number of hydrogen-bond acceptors (Lipinski definition) is 7. The zero-order chi connectivity index (χ0) is 22.4. The second kappa shape index (κ2) is 8.95. The smallest absolute Gasteiger partial charge is 0.236 e. The summed E-state index contributed by atoms with van der Waals surface area (Å²) in [6.07, 6.45) is 15.8. The van der Waals surface area contributed by atoms with Gasteiger partial charge in [0.25, 0.3) is 0 Å². The lowest BCUT2D eigenvalue weighted by molar-refractivity contribution is -0.113. The molecule has 2 aromatic heterocycles. The van der Waals surface area contributed by atoms with Crippen LogP contribution in [-0.4, -0.2) is 36.6 Å². The lowest BCUT2D eigenvalue weighted by Gasteiger charge is -2.56. The number of aromatic nitrogens is 5. The van der Waals surface area contributed by atoms with Gasteiger partial charge in [-0.25, -0.2) is 0 Å². The molecule has 0 radical (unpaired) electrons. The van der Waals surface area contributed by atoms with Gasteiger partial charge in [0.05, 0.1) is 5.75 Å². The van der Waals surface area contributed by atoms with Crippen molar-refractivity contribution in [2.24, 2.45) is 30.2 Å². The number of rotatable bonds is 7. The maximum Gasteiger partial charge on any atom is 0.236 e. The van der Waals surface area contributed by atoms with E-state index in [9.17, 15) is 4.79 Å². The Kier molecular flexibility index (Phi) is 5.97. The number of carbonyl (C=O) groups excluding carboxylic acids is 1. The summed E-state index contributed by atoms with van der Waals surface area (Å²) in [6.45, 7) is 0. The van der Waals surface area contributed by atoms with Gasteiger partial charge in [-0.15, -0.1) is 20.4 Å². The van der Waals surface area contributed by atoms with Gasteiger partial charge in [0, 0.05) is 19.4 Å². The molecule has 7 nitrogen and oxygen atoms in total. The van der Waals surface area contributed by atoms with E-state index in [1.54, 1.807) is 0 Å². The van der Waals surface area contributed by atoms with Crippen molar-refractivity contribution < 1.29 is 4.79 Å². The van der Waals surface area contributed by atoms with Gasteiger partial charge < -0.3 is 4.57 Å². The largest absolute Gasteiger partial charge is 0.309 e. The first-order chi connectivity index (χ1) is 16.1. The van der Waals surface area contributed by atoms with Gasteiger partial charge in [-0.1, -0.05) is 42.4 Å². The third-order valence-electron chi connectivity index (χ3n) is 8.60. The summed E-state index contributed by atoms with van der Waals surface area (Å²) < 4.78 is 2.11. The Morgan fingerprint density at radius 1 is 1.03 bits per heavy atom. The van der Waals surface area contributed by atoms with E-state index in [0.717, 1.165) is 40.2 Å². The van der Waals surface area contributed by atoms with Crippen LogP contribution >= 0.6 is 23.1 Å². The van der Waals surface area contributed by atoms with E-state index in [0.29, 0.717) is 22.2 Å². The average molecular weight is 487 g/mol. The molecule has 0 aromatic carbocycles. The highest BCUT2D eigenvalue weighted by Crippen LogP contribution is 2.61. The van der Waals surface area contributed by atoms with Crippen molar-refractivity contribution in [2.45, 2.75) is 88.1 Å². The molecule has 9 heteroatoms. The van der Waals surface area contributed by atoms with Crippen LogP contribution in [0.15, 0.2) is 5.16 Å². The summed E-state index contributed by atoms with van der Waals surface area (Å²) >= 11 is 2.99. The maximum atomic E-state index is 12.5. The molecule has 5 fully saturated rings. The van der Waals surface area contributed by atoms with Crippen LogP contribution in [0.2, 0.25) is 0 Å². The molecule has 1 amide bonds. The molecule has 0 atom stereocenters. The van der Waals surface area contributed by atoms with Gasteiger partial charge in [-0.3, -0.25) is 10.1 Å². The summed E-state index contributed by atoms with van der Waals surface area (Å²) in [5.74, 6) is 4.69. The molecule has 5 saturated carbocycles. The summed E-state index contributed by atoms with van der Waals surface area (Å²) in [5, 5.41) is 23.0. The van der Waals surface area contributed by atoms with Gasteiger partial charge >= 0.3 is 0 Å². The van der Waals surface area contributed by atoms with E-state index in [2.05, 4.69) is 37.3 Å². The molecule has 33 heavy (non-hydrogen) atoms. The van der Waals surface area contributed by atoms with E-state index in [1.165, 1.54) is 93.7 Å². The second-order valence-corrected chi connectivity index (χ2v) is 13.1. The van der Waals surface area contributed by atoms with Gasteiger partial charge in [-0.05, 0) is 74.5 Å². The van der Waals surface area contributed by atoms with Crippen molar-refractivity contribution in [3.63, 3.8) is 0 Å². The molecular weight excluding hydrogens is 452 g/mol. The fourth-order valence-electron chi connectivity index (χ4n) is 7.55. The molecule has 0 unspecified atom stereocenters. The number of thioether (sulfide) groups is 1. The van der Waals surface area contributed by atoms with Gasteiger partial charge in [0.15, 0.2) is 5.16 Å². The molecule has 1 N–H and O–H groups in total. The number of hydrogen-bond donors (Lipinski definition) is 1. The zero-order valence-corrected chi connectivity index (χ0v) is 21.1.